The molecule has 1 aliphatic heterocycles. The summed E-state index contributed by atoms with van der Waals surface area (Å²) in [4.78, 5) is 13.2. The van der Waals surface area contributed by atoms with Crippen molar-refractivity contribution in [3.63, 3.8) is 0 Å². The Labute approximate surface area is 146 Å². The Morgan fingerprint density at radius 2 is 2.17 bits per heavy atom. The number of thiophene rings is 1. The summed E-state index contributed by atoms with van der Waals surface area (Å²) in [5.41, 5.74) is 2.58. The fourth-order valence-corrected chi connectivity index (χ4v) is 5.13. The zero-order valence-corrected chi connectivity index (χ0v) is 15.3. The first-order chi connectivity index (χ1) is 11.1. The number of hydrogen-bond donors (Lipinski definition) is 0. The maximum atomic E-state index is 6.31. The van der Waals surface area contributed by atoms with Crippen LogP contribution in [0.25, 0.3) is 0 Å². The molecular weight excluding hydrogens is 326 g/mol. The average molecular weight is 348 g/mol. The van der Waals surface area contributed by atoms with Gasteiger partial charge in [0.2, 0.25) is 5.28 Å². The van der Waals surface area contributed by atoms with Crippen LogP contribution >= 0.6 is 22.9 Å². The van der Waals surface area contributed by atoms with E-state index in [1.807, 2.05) is 11.3 Å². The van der Waals surface area contributed by atoms with E-state index in [0.717, 1.165) is 24.5 Å². The molecule has 3 heterocycles. The SMILES string of the molecule is CC1(C)CCCc2c(N3CCCC3c3cccs3)nc(Cl)nc21. The molecule has 122 valence electrons. The molecule has 1 unspecified atom stereocenters. The Bertz CT molecular complexity index is 711. The van der Waals surface area contributed by atoms with Crippen LogP contribution in [0.4, 0.5) is 5.82 Å². The van der Waals surface area contributed by atoms with Crippen LogP contribution in [0.1, 0.15) is 61.7 Å². The minimum absolute atomic E-state index is 0.0903. The third-order valence-electron chi connectivity index (χ3n) is 5.22. The second-order valence-electron chi connectivity index (χ2n) is 7.25. The van der Waals surface area contributed by atoms with Gasteiger partial charge in [0.25, 0.3) is 0 Å². The molecule has 1 atom stereocenters. The number of fused-ring (bicyclic) bond motifs is 1. The van der Waals surface area contributed by atoms with Crippen molar-refractivity contribution in [1.29, 1.82) is 0 Å². The van der Waals surface area contributed by atoms with Crippen molar-refractivity contribution in [3.05, 3.63) is 38.9 Å². The van der Waals surface area contributed by atoms with Crippen molar-refractivity contribution in [2.24, 2.45) is 0 Å². The molecule has 2 aliphatic rings. The lowest BCUT2D eigenvalue weighted by Crippen LogP contribution is -2.31. The second-order valence-corrected chi connectivity index (χ2v) is 8.57. The monoisotopic (exact) mass is 347 g/mol. The van der Waals surface area contributed by atoms with Gasteiger partial charge in [0.05, 0.1) is 11.7 Å². The first-order valence-electron chi connectivity index (χ1n) is 8.43. The van der Waals surface area contributed by atoms with E-state index in [9.17, 15) is 0 Å². The standard InChI is InChI=1S/C18H22ClN3S/c1-18(2)9-3-6-12-15(18)20-17(19)21-16(12)22-10-4-7-13(22)14-8-5-11-23-14/h5,8,11,13H,3-4,6-7,9-10H2,1-2H3. The third kappa shape index (κ3) is 2.66. The number of hydrogen-bond acceptors (Lipinski definition) is 4. The summed E-state index contributed by atoms with van der Waals surface area (Å²) in [6.07, 6.45) is 5.85. The Kier molecular flexibility index (Phi) is 3.85. The van der Waals surface area contributed by atoms with Crippen molar-refractivity contribution in [2.45, 2.75) is 57.4 Å². The van der Waals surface area contributed by atoms with Gasteiger partial charge in [-0.05, 0) is 55.2 Å². The Morgan fingerprint density at radius 1 is 1.30 bits per heavy atom. The van der Waals surface area contributed by atoms with Crippen LogP contribution in [-0.2, 0) is 11.8 Å². The van der Waals surface area contributed by atoms with Crippen molar-refractivity contribution < 1.29 is 0 Å². The number of anilines is 1. The normalized spacial score (nSPS) is 23.1. The molecule has 0 spiro atoms. The predicted molar refractivity (Wildman–Crippen MR) is 96.6 cm³/mol. The highest BCUT2D eigenvalue weighted by Gasteiger charge is 2.36. The van der Waals surface area contributed by atoms with Gasteiger partial charge in [0.1, 0.15) is 5.82 Å². The molecule has 23 heavy (non-hydrogen) atoms. The average Bonchev–Trinajstić information content (AvgIpc) is 3.17. The first-order valence-corrected chi connectivity index (χ1v) is 9.69. The molecule has 0 aromatic carbocycles. The lowest BCUT2D eigenvalue weighted by molar-refractivity contribution is 0.416. The molecule has 0 radical (unpaired) electrons. The molecule has 1 fully saturated rings. The van der Waals surface area contributed by atoms with Gasteiger partial charge in [-0.3, -0.25) is 0 Å². The highest BCUT2D eigenvalue weighted by Crippen LogP contribution is 2.44. The summed E-state index contributed by atoms with van der Waals surface area (Å²) in [5, 5.41) is 2.56. The van der Waals surface area contributed by atoms with E-state index < -0.39 is 0 Å². The highest BCUT2D eigenvalue weighted by atomic mass is 35.5. The fourth-order valence-electron chi connectivity index (χ4n) is 4.10. The van der Waals surface area contributed by atoms with Crippen molar-refractivity contribution in [3.8, 4) is 0 Å². The van der Waals surface area contributed by atoms with Gasteiger partial charge >= 0.3 is 0 Å². The summed E-state index contributed by atoms with van der Waals surface area (Å²) < 4.78 is 0. The summed E-state index contributed by atoms with van der Waals surface area (Å²) in [6.45, 7) is 5.61. The smallest absolute Gasteiger partial charge is 0.224 e. The van der Waals surface area contributed by atoms with Crippen LogP contribution in [0.15, 0.2) is 17.5 Å². The van der Waals surface area contributed by atoms with Gasteiger partial charge in [-0.2, -0.15) is 0 Å². The summed E-state index contributed by atoms with van der Waals surface area (Å²) in [7, 11) is 0. The third-order valence-corrected chi connectivity index (χ3v) is 6.37. The van der Waals surface area contributed by atoms with E-state index in [1.54, 1.807) is 0 Å². The minimum atomic E-state index is 0.0903. The lowest BCUT2D eigenvalue weighted by atomic mass is 9.76. The summed E-state index contributed by atoms with van der Waals surface area (Å²) in [5.74, 6) is 1.09. The van der Waals surface area contributed by atoms with E-state index in [0.29, 0.717) is 11.3 Å². The van der Waals surface area contributed by atoms with Gasteiger partial charge < -0.3 is 4.90 Å². The molecule has 1 saturated heterocycles. The zero-order valence-electron chi connectivity index (χ0n) is 13.7. The number of aromatic nitrogens is 2. The largest absolute Gasteiger partial charge is 0.348 e. The second kappa shape index (κ2) is 5.75. The maximum absolute atomic E-state index is 6.31. The first kappa shape index (κ1) is 15.4. The van der Waals surface area contributed by atoms with Gasteiger partial charge in [-0.1, -0.05) is 19.9 Å². The Balaban J connectivity index is 1.81. The molecule has 4 rings (SSSR count). The van der Waals surface area contributed by atoms with Crippen LogP contribution in [0, 0.1) is 0 Å². The number of nitrogens with zero attached hydrogens (tertiary/aromatic N) is 3. The van der Waals surface area contributed by atoms with E-state index in [-0.39, 0.29) is 5.41 Å². The molecule has 0 N–H and O–H groups in total. The van der Waals surface area contributed by atoms with Crippen molar-refractivity contribution in [2.75, 3.05) is 11.4 Å². The Hall–Kier alpha value is -1.13. The van der Waals surface area contributed by atoms with Crippen molar-refractivity contribution in [1.82, 2.24) is 9.97 Å². The predicted octanol–water partition coefficient (Wildman–Crippen LogP) is 5.15. The van der Waals surface area contributed by atoms with Gasteiger partial charge in [0, 0.05) is 22.4 Å². The summed E-state index contributed by atoms with van der Waals surface area (Å²) >= 11 is 8.16. The number of halogens is 1. The van der Waals surface area contributed by atoms with Crippen LogP contribution in [0.2, 0.25) is 5.28 Å². The molecule has 2 aromatic rings. The molecule has 2 aromatic heterocycles. The topological polar surface area (TPSA) is 29.0 Å². The molecule has 0 bridgehead atoms. The highest BCUT2D eigenvalue weighted by molar-refractivity contribution is 7.10. The molecule has 0 amide bonds. The maximum Gasteiger partial charge on any atom is 0.224 e. The fraction of sp³-hybridized carbons (Fsp3) is 0.556. The summed E-state index contributed by atoms with van der Waals surface area (Å²) in [6, 6.07) is 4.82. The van der Waals surface area contributed by atoms with Crippen LogP contribution < -0.4 is 4.90 Å². The Morgan fingerprint density at radius 3 is 2.96 bits per heavy atom. The van der Waals surface area contributed by atoms with E-state index in [1.165, 1.54) is 36.1 Å². The zero-order chi connectivity index (χ0) is 16.0. The van der Waals surface area contributed by atoms with Crippen LogP contribution in [0.5, 0.6) is 0 Å². The molecule has 0 saturated carbocycles. The molecule has 3 nitrogen and oxygen atoms in total. The quantitative estimate of drug-likeness (QED) is 0.704. The molecular formula is C18H22ClN3S. The van der Waals surface area contributed by atoms with Crippen LogP contribution in [0.3, 0.4) is 0 Å². The number of rotatable bonds is 2. The lowest BCUT2D eigenvalue weighted by Gasteiger charge is -2.35. The molecule has 1 aliphatic carbocycles. The van der Waals surface area contributed by atoms with Gasteiger partial charge in [-0.25, -0.2) is 9.97 Å². The van der Waals surface area contributed by atoms with Crippen molar-refractivity contribution >= 4 is 28.8 Å². The van der Waals surface area contributed by atoms with E-state index in [4.69, 9.17) is 11.6 Å². The van der Waals surface area contributed by atoms with E-state index in [2.05, 4.69) is 46.2 Å². The van der Waals surface area contributed by atoms with Gasteiger partial charge in [0.15, 0.2) is 0 Å². The van der Waals surface area contributed by atoms with Crippen LogP contribution in [-0.4, -0.2) is 16.5 Å². The van der Waals surface area contributed by atoms with E-state index >= 15 is 0 Å². The molecule has 5 heteroatoms. The minimum Gasteiger partial charge on any atom is -0.348 e. The van der Waals surface area contributed by atoms with Gasteiger partial charge in [-0.15, -0.1) is 11.3 Å².